The van der Waals surface area contributed by atoms with Crippen LogP contribution in [-0.2, 0) is 0 Å². The summed E-state index contributed by atoms with van der Waals surface area (Å²) in [6.07, 6.45) is 16.3. The lowest BCUT2D eigenvalue weighted by Gasteiger charge is -2.09. The third kappa shape index (κ3) is 14.2. The van der Waals surface area contributed by atoms with Crippen LogP contribution < -0.4 is 5.73 Å². The van der Waals surface area contributed by atoms with Crippen molar-refractivity contribution in [2.45, 2.75) is 90.0 Å². The largest absolute Gasteiger partial charge is 0.328 e. The van der Waals surface area contributed by atoms with Gasteiger partial charge in [-0.25, -0.2) is 0 Å². The van der Waals surface area contributed by atoms with Crippen LogP contribution in [0.25, 0.3) is 0 Å². The molecule has 104 valence electrons. The molecule has 0 aromatic heterocycles. The Bertz CT molecular complexity index is 139. The van der Waals surface area contributed by atoms with Gasteiger partial charge in [0.15, 0.2) is 0 Å². The predicted octanol–water partition coefficient (Wildman–Crippen LogP) is 4.94. The number of hydrogen-bond acceptors (Lipinski definition) is 2. The highest BCUT2D eigenvalue weighted by atomic mass is 32.1. The topological polar surface area (TPSA) is 26.0 Å². The molecule has 2 N–H and O–H groups in total. The van der Waals surface area contributed by atoms with E-state index in [0.29, 0.717) is 6.04 Å². The molecule has 0 aromatic carbocycles. The van der Waals surface area contributed by atoms with Gasteiger partial charge in [-0.3, -0.25) is 0 Å². The van der Waals surface area contributed by atoms with Gasteiger partial charge < -0.3 is 5.73 Å². The number of nitrogens with two attached hydrogens (primary N) is 1. The molecule has 0 saturated carbocycles. The normalized spacial score (nSPS) is 12.9. The fourth-order valence-corrected chi connectivity index (χ4v) is 2.54. The van der Waals surface area contributed by atoms with Crippen molar-refractivity contribution in [3.8, 4) is 0 Å². The number of thiol groups is 1. The van der Waals surface area contributed by atoms with Gasteiger partial charge in [-0.15, -0.1) is 0 Å². The second-order valence-corrected chi connectivity index (χ2v) is 5.69. The monoisotopic (exact) mass is 259 g/mol. The van der Waals surface area contributed by atoms with Crippen molar-refractivity contribution >= 4 is 12.6 Å². The Morgan fingerprint density at radius 3 is 1.71 bits per heavy atom. The second-order valence-electron chi connectivity index (χ2n) is 5.24. The highest BCUT2D eigenvalue weighted by Crippen LogP contribution is 2.12. The Hall–Kier alpha value is 0.310. The standard InChI is InChI=1S/C15H33NS/c1-2-3-4-5-6-7-8-9-10-11-12-15(16)13-14-17/h15,17H,2-14,16H2,1H3. The Balaban J connectivity index is 2.98. The third-order valence-corrected chi connectivity index (χ3v) is 3.69. The van der Waals surface area contributed by atoms with Crippen molar-refractivity contribution in [1.29, 1.82) is 0 Å². The van der Waals surface area contributed by atoms with Crippen LogP contribution in [0.1, 0.15) is 84.0 Å². The van der Waals surface area contributed by atoms with Crippen LogP contribution in [0.2, 0.25) is 0 Å². The molecule has 0 rings (SSSR count). The van der Waals surface area contributed by atoms with Crippen LogP contribution in [0.5, 0.6) is 0 Å². The van der Waals surface area contributed by atoms with Crippen molar-refractivity contribution in [1.82, 2.24) is 0 Å². The smallest absolute Gasteiger partial charge is 0.00465 e. The number of hydrogen-bond donors (Lipinski definition) is 2. The first-order valence-corrected chi connectivity index (χ1v) is 8.31. The fourth-order valence-electron chi connectivity index (χ4n) is 2.20. The fraction of sp³-hybridized carbons (Fsp3) is 1.00. The summed E-state index contributed by atoms with van der Waals surface area (Å²) in [5.41, 5.74) is 5.94. The summed E-state index contributed by atoms with van der Waals surface area (Å²) in [6, 6.07) is 0.390. The van der Waals surface area contributed by atoms with E-state index in [1.165, 1.54) is 70.6 Å². The maximum atomic E-state index is 5.94. The van der Waals surface area contributed by atoms with Gasteiger partial charge in [0.2, 0.25) is 0 Å². The van der Waals surface area contributed by atoms with E-state index in [9.17, 15) is 0 Å². The molecule has 0 aliphatic rings. The molecule has 0 aliphatic heterocycles. The molecule has 0 heterocycles. The van der Waals surface area contributed by atoms with E-state index in [2.05, 4.69) is 19.6 Å². The van der Waals surface area contributed by atoms with Gasteiger partial charge in [0.25, 0.3) is 0 Å². The zero-order chi connectivity index (χ0) is 12.8. The maximum Gasteiger partial charge on any atom is 0.00465 e. The van der Waals surface area contributed by atoms with Crippen molar-refractivity contribution in [3.05, 3.63) is 0 Å². The van der Waals surface area contributed by atoms with Crippen molar-refractivity contribution in [2.75, 3.05) is 5.75 Å². The summed E-state index contributed by atoms with van der Waals surface area (Å²) in [5, 5.41) is 0. The highest BCUT2D eigenvalue weighted by Gasteiger charge is 2.00. The molecule has 0 bridgehead atoms. The molecule has 0 amide bonds. The summed E-state index contributed by atoms with van der Waals surface area (Å²) < 4.78 is 0. The van der Waals surface area contributed by atoms with Crippen LogP contribution in [0.15, 0.2) is 0 Å². The quantitative estimate of drug-likeness (QED) is 0.355. The first-order valence-electron chi connectivity index (χ1n) is 7.67. The lowest BCUT2D eigenvalue weighted by molar-refractivity contribution is 0.517. The van der Waals surface area contributed by atoms with E-state index < -0.39 is 0 Å². The molecular formula is C15H33NS. The van der Waals surface area contributed by atoms with E-state index in [1.807, 2.05) is 0 Å². The first-order chi connectivity index (χ1) is 8.31. The number of unbranched alkanes of at least 4 members (excludes halogenated alkanes) is 9. The molecule has 1 atom stereocenters. The minimum atomic E-state index is 0.390. The predicted molar refractivity (Wildman–Crippen MR) is 82.9 cm³/mol. The van der Waals surface area contributed by atoms with Crippen LogP contribution >= 0.6 is 12.6 Å². The third-order valence-electron chi connectivity index (χ3n) is 3.43. The average Bonchev–Trinajstić information content (AvgIpc) is 2.32. The van der Waals surface area contributed by atoms with Gasteiger partial charge in [-0.1, -0.05) is 71.1 Å². The van der Waals surface area contributed by atoms with Gasteiger partial charge in [0, 0.05) is 6.04 Å². The van der Waals surface area contributed by atoms with E-state index in [-0.39, 0.29) is 0 Å². The zero-order valence-electron chi connectivity index (χ0n) is 11.8. The molecule has 17 heavy (non-hydrogen) atoms. The number of rotatable bonds is 13. The van der Waals surface area contributed by atoms with Gasteiger partial charge in [0.1, 0.15) is 0 Å². The van der Waals surface area contributed by atoms with Crippen molar-refractivity contribution in [3.63, 3.8) is 0 Å². The molecule has 1 unspecified atom stereocenters. The van der Waals surface area contributed by atoms with Gasteiger partial charge in [-0.05, 0) is 18.6 Å². The zero-order valence-corrected chi connectivity index (χ0v) is 12.7. The summed E-state index contributed by atoms with van der Waals surface area (Å²) in [4.78, 5) is 0. The minimum absolute atomic E-state index is 0.390. The Morgan fingerprint density at radius 1 is 0.765 bits per heavy atom. The van der Waals surface area contributed by atoms with E-state index in [1.54, 1.807) is 0 Å². The van der Waals surface area contributed by atoms with E-state index >= 15 is 0 Å². The Labute approximate surface area is 114 Å². The molecule has 0 spiro atoms. The van der Waals surface area contributed by atoms with Crippen LogP contribution in [0, 0.1) is 0 Å². The summed E-state index contributed by atoms with van der Waals surface area (Å²) in [5.74, 6) is 0.929. The lowest BCUT2D eigenvalue weighted by atomic mass is 10.0. The molecule has 0 radical (unpaired) electrons. The van der Waals surface area contributed by atoms with Crippen LogP contribution in [0.4, 0.5) is 0 Å². The molecular weight excluding hydrogens is 226 g/mol. The average molecular weight is 260 g/mol. The van der Waals surface area contributed by atoms with Crippen LogP contribution in [-0.4, -0.2) is 11.8 Å². The first kappa shape index (κ1) is 17.3. The molecule has 0 aliphatic carbocycles. The molecule has 0 saturated heterocycles. The summed E-state index contributed by atoms with van der Waals surface area (Å²) >= 11 is 4.21. The van der Waals surface area contributed by atoms with Gasteiger partial charge >= 0.3 is 0 Å². The van der Waals surface area contributed by atoms with E-state index in [0.717, 1.165) is 12.2 Å². The molecule has 2 heteroatoms. The lowest BCUT2D eigenvalue weighted by Crippen LogP contribution is -2.19. The molecule has 0 fully saturated rings. The SMILES string of the molecule is CCCCCCCCCCCCC(N)CCS. The summed E-state index contributed by atoms with van der Waals surface area (Å²) in [7, 11) is 0. The van der Waals surface area contributed by atoms with E-state index in [4.69, 9.17) is 5.73 Å². The Kier molecular flexibility index (Phi) is 14.6. The van der Waals surface area contributed by atoms with Crippen molar-refractivity contribution in [2.24, 2.45) is 5.73 Å². The summed E-state index contributed by atoms with van der Waals surface area (Å²) in [6.45, 7) is 2.28. The molecule has 1 nitrogen and oxygen atoms in total. The minimum Gasteiger partial charge on any atom is -0.328 e. The van der Waals surface area contributed by atoms with Gasteiger partial charge in [0.05, 0.1) is 0 Å². The second kappa shape index (κ2) is 14.4. The molecule has 0 aromatic rings. The van der Waals surface area contributed by atoms with Crippen molar-refractivity contribution < 1.29 is 0 Å². The van der Waals surface area contributed by atoms with Gasteiger partial charge in [-0.2, -0.15) is 12.6 Å². The maximum absolute atomic E-state index is 5.94. The Morgan fingerprint density at radius 2 is 1.24 bits per heavy atom. The van der Waals surface area contributed by atoms with Crippen LogP contribution in [0.3, 0.4) is 0 Å². The highest BCUT2D eigenvalue weighted by molar-refractivity contribution is 7.80.